The third-order valence-electron chi connectivity index (χ3n) is 9.14. The Morgan fingerprint density at radius 2 is 0.865 bits per heavy atom. The van der Waals surface area contributed by atoms with Crippen LogP contribution in [0.2, 0.25) is 0 Å². The van der Waals surface area contributed by atoms with Crippen LogP contribution in [0.1, 0.15) is 5.56 Å². The topological polar surface area (TPSA) is 0 Å². The van der Waals surface area contributed by atoms with Crippen molar-refractivity contribution in [2.24, 2.45) is 0 Å². The van der Waals surface area contributed by atoms with Gasteiger partial charge in [0.15, 0.2) is 0 Å². The van der Waals surface area contributed by atoms with Crippen LogP contribution < -0.4 is 31.8 Å². The molecule has 0 aliphatic rings. The summed E-state index contributed by atoms with van der Waals surface area (Å²) in [7, 11) is 7.81. The normalized spacial score (nSPS) is 11.2. The molecule has 0 N–H and O–H groups in total. The molecule has 5 heteroatoms. The SMILES string of the molecule is C=CCc1cc2ccccc2c(-c2c(P(c3ccccc3)c3ccccc3)ccc3ccccc23)c1P(c1ccccc1)c1ccccc1.[Cl][Pd][Cl]. The first-order valence-corrected chi connectivity index (χ1v) is 23.7. The first kappa shape index (κ1) is 36.5. The van der Waals surface area contributed by atoms with E-state index in [1.54, 1.807) is 0 Å². The molecule has 0 radical (unpaired) electrons. The second kappa shape index (κ2) is 17.8. The van der Waals surface area contributed by atoms with Crippen LogP contribution in [0.25, 0.3) is 32.7 Å². The van der Waals surface area contributed by atoms with Crippen molar-refractivity contribution in [2.45, 2.75) is 6.42 Å². The molecule has 0 amide bonds. The van der Waals surface area contributed by atoms with Crippen LogP contribution in [0.4, 0.5) is 0 Å². The summed E-state index contributed by atoms with van der Waals surface area (Å²) in [6.07, 6.45) is 2.86. The molecule has 0 spiro atoms. The van der Waals surface area contributed by atoms with E-state index in [0.29, 0.717) is 0 Å². The minimum atomic E-state index is -0.932. The van der Waals surface area contributed by atoms with Gasteiger partial charge in [0.1, 0.15) is 0 Å². The average Bonchev–Trinajstić information content (AvgIpc) is 3.20. The van der Waals surface area contributed by atoms with E-state index in [1.807, 2.05) is 0 Å². The Bertz CT molecular complexity index is 2320. The average molecular weight is 840 g/mol. The number of halogens is 2. The molecular formula is C47H36Cl2P2Pd. The summed E-state index contributed by atoms with van der Waals surface area (Å²) >= 11 is -0.106. The van der Waals surface area contributed by atoms with Gasteiger partial charge in [-0.05, 0) is 92.3 Å². The molecule has 0 fully saturated rings. The van der Waals surface area contributed by atoms with E-state index in [9.17, 15) is 0 Å². The van der Waals surface area contributed by atoms with E-state index >= 15 is 0 Å². The predicted octanol–water partition coefficient (Wildman–Crippen LogP) is 11.3. The number of hydrogen-bond donors (Lipinski definition) is 0. The third kappa shape index (κ3) is 7.74. The van der Waals surface area contributed by atoms with Gasteiger partial charge in [-0.15, -0.1) is 6.58 Å². The number of benzene rings is 8. The molecule has 258 valence electrons. The summed E-state index contributed by atoms with van der Waals surface area (Å²) in [6, 6.07) is 69.7. The van der Waals surface area contributed by atoms with Crippen LogP contribution >= 0.6 is 34.9 Å². The summed E-state index contributed by atoms with van der Waals surface area (Å²) in [5.41, 5.74) is 4.03. The van der Waals surface area contributed by atoms with E-state index in [2.05, 4.69) is 201 Å². The summed E-state index contributed by atoms with van der Waals surface area (Å²) in [5, 5.41) is 13.3. The zero-order chi connectivity index (χ0) is 35.7. The van der Waals surface area contributed by atoms with Crippen molar-refractivity contribution in [3.8, 4) is 11.1 Å². The van der Waals surface area contributed by atoms with Gasteiger partial charge in [-0.2, -0.15) is 0 Å². The summed E-state index contributed by atoms with van der Waals surface area (Å²) in [4.78, 5) is 0. The molecule has 0 nitrogen and oxygen atoms in total. The third-order valence-corrected chi connectivity index (χ3v) is 14.2. The Morgan fingerprint density at radius 1 is 0.462 bits per heavy atom. The molecule has 0 saturated heterocycles. The molecule has 8 aromatic carbocycles. The van der Waals surface area contributed by atoms with Gasteiger partial charge >= 0.3 is 35.0 Å². The van der Waals surface area contributed by atoms with Gasteiger partial charge in [-0.25, -0.2) is 0 Å². The summed E-state index contributed by atoms with van der Waals surface area (Å²) in [6.45, 7) is 4.27. The van der Waals surface area contributed by atoms with E-state index in [0.717, 1.165) is 6.42 Å². The Balaban J connectivity index is 0.00000136. The Labute approximate surface area is 325 Å². The molecule has 8 aromatic rings. The zero-order valence-corrected chi connectivity index (χ0v) is 33.2. The number of hydrogen-bond acceptors (Lipinski definition) is 0. The molecule has 0 aromatic heterocycles. The fraction of sp³-hybridized carbons (Fsp3) is 0.0213. The van der Waals surface area contributed by atoms with Crippen molar-refractivity contribution in [3.63, 3.8) is 0 Å². The van der Waals surface area contributed by atoms with Crippen molar-refractivity contribution in [3.05, 3.63) is 206 Å². The molecule has 0 bridgehead atoms. The summed E-state index contributed by atoms with van der Waals surface area (Å²) < 4.78 is 0. The number of allylic oxidation sites excluding steroid dienone is 1. The van der Waals surface area contributed by atoms with Crippen molar-refractivity contribution in [1.82, 2.24) is 0 Å². The van der Waals surface area contributed by atoms with E-state index in [4.69, 9.17) is 19.1 Å². The number of fused-ring (bicyclic) bond motifs is 2. The second-order valence-electron chi connectivity index (χ2n) is 12.2. The van der Waals surface area contributed by atoms with Crippen molar-refractivity contribution < 1.29 is 15.9 Å². The maximum atomic E-state index is 4.81. The molecule has 8 rings (SSSR count). The first-order valence-electron chi connectivity index (χ1n) is 17.0. The van der Waals surface area contributed by atoms with Crippen LogP contribution in [0, 0.1) is 0 Å². The van der Waals surface area contributed by atoms with E-state index < -0.39 is 15.8 Å². The van der Waals surface area contributed by atoms with Gasteiger partial charge in [0.05, 0.1) is 0 Å². The molecule has 0 aliphatic heterocycles. The van der Waals surface area contributed by atoms with Gasteiger partial charge in [0.25, 0.3) is 0 Å². The van der Waals surface area contributed by atoms with Gasteiger partial charge in [-0.1, -0.05) is 194 Å². The second-order valence-corrected chi connectivity index (χ2v) is 18.9. The molecule has 52 heavy (non-hydrogen) atoms. The molecule has 0 atom stereocenters. The van der Waals surface area contributed by atoms with Gasteiger partial charge < -0.3 is 0 Å². The van der Waals surface area contributed by atoms with Crippen LogP contribution in [-0.2, 0) is 22.4 Å². The van der Waals surface area contributed by atoms with E-state index in [1.165, 1.54) is 70.1 Å². The quantitative estimate of drug-likeness (QED) is 0.0772. The van der Waals surface area contributed by atoms with Crippen LogP contribution in [-0.4, -0.2) is 0 Å². The van der Waals surface area contributed by atoms with Crippen molar-refractivity contribution in [2.75, 3.05) is 0 Å². The van der Waals surface area contributed by atoms with Crippen molar-refractivity contribution in [1.29, 1.82) is 0 Å². The van der Waals surface area contributed by atoms with Crippen LogP contribution in [0.3, 0.4) is 0 Å². The van der Waals surface area contributed by atoms with Gasteiger partial charge in [0.2, 0.25) is 0 Å². The standard InChI is InChI=1S/C47H36P2.2ClH.Pd/c1-2-19-37-34-36-21-16-18-31-43(36)46(47(37)49(40-26-11-5-12-27-40)41-28-13-6-14-29-41)45-42-30-17-15-20-35(42)32-33-44(45)48(38-22-7-3-8-23-38)39-24-9-4-10-25-39;;;/h2-18,20-34H,1,19H2;2*1H;/q;;;+2/p-2. The monoisotopic (exact) mass is 838 g/mol. The van der Waals surface area contributed by atoms with Crippen molar-refractivity contribution >= 4 is 88.3 Å². The molecule has 0 saturated carbocycles. The Kier molecular flexibility index (Phi) is 12.5. The van der Waals surface area contributed by atoms with Crippen LogP contribution in [0.15, 0.2) is 201 Å². The maximum absolute atomic E-state index is 4.81. The predicted molar refractivity (Wildman–Crippen MR) is 230 cm³/mol. The van der Waals surface area contributed by atoms with Gasteiger partial charge in [0, 0.05) is 0 Å². The fourth-order valence-electron chi connectivity index (χ4n) is 7.07. The molecule has 0 aliphatic carbocycles. The Hall–Kier alpha value is -3.88. The Morgan fingerprint density at radius 3 is 1.35 bits per heavy atom. The van der Waals surface area contributed by atoms with Crippen LogP contribution in [0.5, 0.6) is 0 Å². The minimum absolute atomic E-state index is 0.106. The summed E-state index contributed by atoms with van der Waals surface area (Å²) in [5.74, 6) is 0. The van der Waals surface area contributed by atoms with E-state index in [-0.39, 0.29) is 15.9 Å². The first-order chi connectivity index (χ1) is 25.7. The fourth-order valence-corrected chi connectivity index (χ4v) is 12.2. The molecule has 0 unspecified atom stereocenters. The molecule has 0 heterocycles. The number of rotatable bonds is 9. The van der Waals surface area contributed by atoms with Gasteiger partial charge in [-0.3, -0.25) is 0 Å². The zero-order valence-electron chi connectivity index (χ0n) is 28.4. The molecular weight excluding hydrogens is 804 g/mol.